The number of hydrogen-bond acceptors (Lipinski definition) is 4. The number of nitrogens with two attached hydrogens (primary N) is 1. The first-order valence-corrected chi connectivity index (χ1v) is 10.6. The maximum Gasteiger partial charge on any atom is 0.323 e. The maximum absolute atomic E-state index is 12.7. The van der Waals surface area contributed by atoms with Crippen LogP contribution in [0, 0.1) is 0 Å². The second-order valence-corrected chi connectivity index (χ2v) is 7.88. The van der Waals surface area contributed by atoms with Gasteiger partial charge in [-0.1, -0.05) is 53.0 Å². The van der Waals surface area contributed by atoms with E-state index in [4.69, 9.17) is 40.5 Å². The summed E-state index contributed by atoms with van der Waals surface area (Å²) in [5.41, 5.74) is 7.15. The number of phenols is 1. The summed E-state index contributed by atoms with van der Waals surface area (Å²) < 4.78 is 0. The van der Waals surface area contributed by atoms with Gasteiger partial charge in [0.15, 0.2) is 5.75 Å². The van der Waals surface area contributed by atoms with E-state index in [2.05, 4.69) is 16.0 Å². The van der Waals surface area contributed by atoms with Crippen molar-refractivity contribution < 1.29 is 14.7 Å². The quantitative estimate of drug-likeness (QED) is 0.281. The Hall–Kier alpha value is -2.97. The zero-order valence-corrected chi connectivity index (χ0v) is 18.9. The number of rotatable bonds is 6. The number of phenolic OH excluding ortho intramolecular Hbond substituents is 1. The molecule has 0 saturated carbocycles. The van der Waals surface area contributed by atoms with Crippen molar-refractivity contribution in [1.29, 1.82) is 0 Å². The highest BCUT2D eigenvalue weighted by Gasteiger charge is 2.20. The zero-order valence-electron chi connectivity index (χ0n) is 16.6. The number of urea groups is 1. The summed E-state index contributed by atoms with van der Waals surface area (Å²) in [6.07, 6.45) is 0.719. The van der Waals surface area contributed by atoms with Gasteiger partial charge in [0.2, 0.25) is 0 Å². The van der Waals surface area contributed by atoms with Crippen LogP contribution in [0.1, 0.15) is 15.9 Å². The molecule has 10 heteroatoms. The van der Waals surface area contributed by atoms with E-state index in [-0.39, 0.29) is 32.0 Å². The molecule has 3 aromatic rings. The Kier molecular flexibility index (Phi) is 7.82. The van der Waals surface area contributed by atoms with Crippen molar-refractivity contribution in [2.45, 2.75) is 6.42 Å². The second kappa shape index (κ2) is 10.6. The molecule has 3 amide bonds. The molecular formula is C22H19Cl3N4O3. The zero-order chi connectivity index (χ0) is 23.3. The van der Waals surface area contributed by atoms with E-state index >= 15 is 0 Å². The van der Waals surface area contributed by atoms with Gasteiger partial charge in [0.1, 0.15) is 5.56 Å². The summed E-state index contributed by atoms with van der Waals surface area (Å²) in [5, 5.41) is 18.7. The molecule has 0 aromatic heterocycles. The van der Waals surface area contributed by atoms with Crippen LogP contribution in [0.4, 0.5) is 21.9 Å². The Morgan fingerprint density at radius 1 is 0.844 bits per heavy atom. The van der Waals surface area contributed by atoms with Crippen molar-refractivity contribution >= 4 is 63.8 Å². The summed E-state index contributed by atoms with van der Waals surface area (Å²) >= 11 is 18.1. The number of nitrogens with one attached hydrogen (secondary N) is 3. The van der Waals surface area contributed by atoms with Crippen LogP contribution in [0.2, 0.25) is 15.1 Å². The SMILES string of the molecule is NCCc1ccc(NC(=O)c2c(Cl)ccc(NC(=O)Nc3cccc(Cl)c3Cl)c2O)cc1. The minimum Gasteiger partial charge on any atom is -0.505 e. The van der Waals surface area contributed by atoms with Crippen LogP contribution in [-0.2, 0) is 6.42 Å². The lowest BCUT2D eigenvalue weighted by Crippen LogP contribution is -2.20. The van der Waals surface area contributed by atoms with E-state index in [1.165, 1.54) is 12.1 Å². The number of hydrogen-bond donors (Lipinski definition) is 5. The van der Waals surface area contributed by atoms with Gasteiger partial charge < -0.3 is 26.8 Å². The molecule has 7 nitrogen and oxygen atoms in total. The molecule has 0 atom stereocenters. The molecule has 0 aliphatic carbocycles. The Morgan fingerprint density at radius 2 is 1.53 bits per heavy atom. The van der Waals surface area contributed by atoms with Crippen LogP contribution >= 0.6 is 34.8 Å². The molecule has 0 bridgehead atoms. The number of amides is 3. The third kappa shape index (κ3) is 5.63. The number of aromatic hydroxyl groups is 1. The molecule has 0 aliphatic rings. The van der Waals surface area contributed by atoms with E-state index in [0.29, 0.717) is 12.2 Å². The van der Waals surface area contributed by atoms with Gasteiger partial charge in [-0.05, 0) is 54.9 Å². The summed E-state index contributed by atoms with van der Waals surface area (Å²) in [5.74, 6) is -1.12. The summed E-state index contributed by atoms with van der Waals surface area (Å²) in [7, 11) is 0. The van der Waals surface area contributed by atoms with E-state index < -0.39 is 17.7 Å². The lowest BCUT2D eigenvalue weighted by Gasteiger charge is -2.14. The van der Waals surface area contributed by atoms with Gasteiger partial charge in [0.25, 0.3) is 5.91 Å². The van der Waals surface area contributed by atoms with E-state index in [1.54, 1.807) is 30.3 Å². The summed E-state index contributed by atoms with van der Waals surface area (Å²) in [6.45, 7) is 0.520. The Morgan fingerprint density at radius 3 is 2.22 bits per heavy atom. The van der Waals surface area contributed by atoms with Gasteiger partial charge in [-0.2, -0.15) is 0 Å². The highest BCUT2D eigenvalue weighted by atomic mass is 35.5. The van der Waals surface area contributed by atoms with Crippen LogP contribution in [-0.4, -0.2) is 23.6 Å². The Labute approximate surface area is 199 Å². The molecule has 0 unspecified atom stereocenters. The van der Waals surface area contributed by atoms with Crippen molar-refractivity contribution in [2.24, 2.45) is 5.73 Å². The predicted molar refractivity (Wildman–Crippen MR) is 129 cm³/mol. The number of carbonyl (C=O) groups excluding carboxylic acids is 2. The minimum atomic E-state index is -0.700. The van der Waals surface area contributed by atoms with Gasteiger partial charge >= 0.3 is 6.03 Å². The molecule has 0 aliphatic heterocycles. The monoisotopic (exact) mass is 492 g/mol. The molecule has 0 saturated heterocycles. The molecule has 32 heavy (non-hydrogen) atoms. The fourth-order valence-corrected chi connectivity index (χ4v) is 3.46. The van der Waals surface area contributed by atoms with Crippen molar-refractivity contribution in [3.63, 3.8) is 0 Å². The molecule has 3 rings (SSSR count). The average Bonchev–Trinajstić information content (AvgIpc) is 2.75. The molecule has 6 N–H and O–H groups in total. The normalized spacial score (nSPS) is 10.5. The van der Waals surface area contributed by atoms with Crippen molar-refractivity contribution in [3.8, 4) is 5.75 Å². The van der Waals surface area contributed by atoms with Crippen molar-refractivity contribution in [3.05, 3.63) is 80.8 Å². The Bertz CT molecular complexity index is 1150. The standard InChI is InChI=1S/C22H19Cl3N4O3/c23-14-8-9-17(29-22(32)28-16-3-1-2-15(24)19(16)25)20(30)18(14)21(31)27-13-6-4-12(5-7-13)10-11-26/h1-9,30H,10-11,26H2,(H,27,31)(H2,28,29,32). The van der Waals surface area contributed by atoms with E-state index in [1.807, 2.05) is 12.1 Å². The predicted octanol–water partition coefficient (Wildman–Crippen LogP) is 5.75. The lowest BCUT2D eigenvalue weighted by atomic mass is 10.1. The molecule has 0 fully saturated rings. The van der Waals surface area contributed by atoms with Crippen LogP contribution in [0.25, 0.3) is 0 Å². The fourth-order valence-electron chi connectivity index (χ4n) is 2.87. The molecule has 3 aromatic carbocycles. The molecule has 0 radical (unpaired) electrons. The topological polar surface area (TPSA) is 116 Å². The highest BCUT2D eigenvalue weighted by Crippen LogP contribution is 2.34. The second-order valence-electron chi connectivity index (χ2n) is 6.69. The average molecular weight is 494 g/mol. The van der Waals surface area contributed by atoms with Crippen molar-refractivity contribution in [2.75, 3.05) is 22.5 Å². The summed E-state index contributed by atoms with van der Waals surface area (Å²) in [6, 6.07) is 13.9. The third-order valence-corrected chi connectivity index (χ3v) is 5.58. The van der Waals surface area contributed by atoms with Gasteiger partial charge in [-0.15, -0.1) is 0 Å². The summed E-state index contributed by atoms with van der Waals surface area (Å²) in [4.78, 5) is 25.1. The molecule has 0 heterocycles. The van der Waals surface area contributed by atoms with Gasteiger partial charge in [-0.25, -0.2) is 4.79 Å². The number of anilines is 3. The van der Waals surface area contributed by atoms with E-state index in [0.717, 1.165) is 12.0 Å². The van der Waals surface area contributed by atoms with Crippen molar-refractivity contribution in [1.82, 2.24) is 0 Å². The van der Waals surface area contributed by atoms with Gasteiger partial charge in [0, 0.05) is 5.69 Å². The minimum absolute atomic E-state index is 0.0172. The maximum atomic E-state index is 12.7. The van der Waals surface area contributed by atoms with Crippen LogP contribution in [0.15, 0.2) is 54.6 Å². The first kappa shape index (κ1) is 23.7. The molecule has 166 valence electrons. The fraction of sp³-hybridized carbons (Fsp3) is 0.0909. The Balaban J connectivity index is 1.76. The number of carbonyl (C=O) groups is 2. The number of halogens is 3. The smallest absolute Gasteiger partial charge is 0.323 e. The van der Waals surface area contributed by atoms with Crippen LogP contribution < -0.4 is 21.7 Å². The third-order valence-electron chi connectivity index (χ3n) is 4.45. The first-order valence-electron chi connectivity index (χ1n) is 9.44. The largest absolute Gasteiger partial charge is 0.505 e. The lowest BCUT2D eigenvalue weighted by molar-refractivity contribution is 0.102. The number of benzene rings is 3. The first-order chi connectivity index (χ1) is 15.3. The highest BCUT2D eigenvalue weighted by molar-refractivity contribution is 6.44. The van der Waals surface area contributed by atoms with Gasteiger partial charge in [0.05, 0.1) is 26.4 Å². The van der Waals surface area contributed by atoms with E-state index in [9.17, 15) is 14.7 Å². The van der Waals surface area contributed by atoms with Gasteiger partial charge in [-0.3, -0.25) is 4.79 Å². The molecule has 0 spiro atoms. The molecular weight excluding hydrogens is 475 g/mol. The van der Waals surface area contributed by atoms with Crippen LogP contribution in [0.3, 0.4) is 0 Å². The van der Waals surface area contributed by atoms with Crippen LogP contribution in [0.5, 0.6) is 5.75 Å².